The third-order valence-corrected chi connectivity index (χ3v) is 4.50. The largest absolute Gasteiger partial charge is 0.389 e. The number of ether oxygens (including phenoxy) is 1. The molecule has 1 atom stereocenters. The van der Waals surface area contributed by atoms with E-state index >= 15 is 0 Å². The summed E-state index contributed by atoms with van der Waals surface area (Å²) < 4.78 is 6.93. The van der Waals surface area contributed by atoms with Gasteiger partial charge in [-0.15, -0.1) is 5.10 Å². The SMILES string of the molecule is CCOC[C@@H](O)CN1CCN(C(=O)c2ccc3c(c2)nnn3C)CC1. The van der Waals surface area contributed by atoms with Crippen LogP contribution < -0.4 is 0 Å². The summed E-state index contributed by atoms with van der Waals surface area (Å²) in [6.45, 7) is 6.26. The molecule has 2 aromatic rings. The molecule has 8 heteroatoms. The second-order valence-electron chi connectivity index (χ2n) is 6.32. The van der Waals surface area contributed by atoms with Crippen molar-refractivity contribution in [2.45, 2.75) is 13.0 Å². The summed E-state index contributed by atoms with van der Waals surface area (Å²) in [5, 5.41) is 18.0. The van der Waals surface area contributed by atoms with Crippen molar-refractivity contribution in [2.75, 3.05) is 45.9 Å². The fourth-order valence-electron chi connectivity index (χ4n) is 3.09. The number of fused-ring (bicyclic) bond motifs is 1. The number of aromatic nitrogens is 3. The summed E-state index contributed by atoms with van der Waals surface area (Å²) in [5.41, 5.74) is 2.27. The number of rotatable bonds is 6. The third-order valence-electron chi connectivity index (χ3n) is 4.50. The van der Waals surface area contributed by atoms with Gasteiger partial charge < -0.3 is 14.7 Å². The number of benzene rings is 1. The normalized spacial score (nSPS) is 17.2. The van der Waals surface area contributed by atoms with Crippen molar-refractivity contribution in [1.82, 2.24) is 24.8 Å². The number of aryl methyl sites for hydroxylation is 1. The molecule has 1 aliphatic rings. The smallest absolute Gasteiger partial charge is 0.254 e. The van der Waals surface area contributed by atoms with Crippen LogP contribution in [0, 0.1) is 0 Å². The van der Waals surface area contributed by atoms with Gasteiger partial charge in [0.2, 0.25) is 0 Å². The standard InChI is InChI=1S/C17H25N5O3/c1-3-25-12-14(23)11-21-6-8-22(9-7-21)17(24)13-4-5-16-15(10-13)18-19-20(16)2/h4-5,10,14,23H,3,6-9,11-12H2,1-2H3/t14-/m0/s1. The number of β-amino-alcohol motifs (C(OH)–C–C–N with tert-alkyl or cyclic N) is 1. The van der Waals surface area contributed by atoms with Crippen LogP contribution >= 0.6 is 0 Å². The Bertz CT molecular complexity index is 724. The van der Waals surface area contributed by atoms with Crippen LogP contribution in [0.4, 0.5) is 0 Å². The average molecular weight is 347 g/mol. The van der Waals surface area contributed by atoms with Gasteiger partial charge in [-0.1, -0.05) is 5.21 Å². The summed E-state index contributed by atoms with van der Waals surface area (Å²) in [5.74, 6) is 0.0158. The van der Waals surface area contributed by atoms with E-state index in [2.05, 4.69) is 15.2 Å². The average Bonchev–Trinajstić information content (AvgIpc) is 3.00. The Balaban J connectivity index is 1.55. The Hall–Kier alpha value is -2.03. The molecule has 2 heterocycles. The lowest BCUT2D eigenvalue weighted by molar-refractivity contribution is 0.0111. The maximum atomic E-state index is 12.7. The van der Waals surface area contributed by atoms with Gasteiger partial charge in [0.05, 0.1) is 18.2 Å². The zero-order valence-corrected chi connectivity index (χ0v) is 14.8. The van der Waals surface area contributed by atoms with E-state index in [0.29, 0.717) is 38.4 Å². The maximum absolute atomic E-state index is 12.7. The van der Waals surface area contributed by atoms with Gasteiger partial charge in [-0.25, -0.2) is 4.68 Å². The molecule has 0 radical (unpaired) electrons. The highest BCUT2D eigenvalue weighted by molar-refractivity contribution is 5.97. The topological polar surface area (TPSA) is 83.7 Å². The molecular formula is C17H25N5O3. The van der Waals surface area contributed by atoms with Gasteiger partial charge >= 0.3 is 0 Å². The number of hydrogen-bond acceptors (Lipinski definition) is 6. The first-order valence-corrected chi connectivity index (χ1v) is 8.65. The van der Waals surface area contributed by atoms with Crippen molar-refractivity contribution in [3.63, 3.8) is 0 Å². The molecule has 3 rings (SSSR count). The van der Waals surface area contributed by atoms with E-state index in [0.717, 1.165) is 24.1 Å². The lowest BCUT2D eigenvalue weighted by Gasteiger charge is -2.35. The van der Waals surface area contributed by atoms with Crippen LogP contribution in [0.15, 0.2) is 18.2 Å². The van der Waals surface area contributed by atoms with Crippen LogP contribution in [0.1, 0.15) is 17.3 Å². The van der Waals surface area contributed by atoms with E-state index in [-0.39, 0.29) is 5.91 Å². The van der Waals surface area contributed by atoms with Crippen molar-refractivity contribution in [3.05, 3.63) is 23.8 Å². The Morgan fingerprint density at radius 3 is 2.80 bits per heavy atom. The fourth-order valence-corrected chi connectivity index (χ4v) is 3.09. The van der Waals surface area contributed by atoms with Crippen molar-refractivity contribution in [3.8, 4) is 0 Å². The molecule has 1 fully saturated rings. The number of hydrogen-bond donors (Lipinski definition) is 1. The second kappa shape index (κ2) is 7.90. The van der Waals surface area contributed by atoms with Crippen LogP contribution in [-0.4, -0.2) is 87.8 Å². The van der Waals surface area contributed by atoms with Crippen LogP contribution in [-0.2, 0) is 11.8 Å². The molecule has 1 aromatic heterocycles. The predicted octanol–water partition coefficient (Wildman–Crippen LogP) is 0.124. The van der Waals surface area contributed by atoms with E-state index in [1.54, 1.807) is 10.7 Å². The number of piperazine rings is 1. The zero-order chi connectivity index (χ0) is 17.8. The number of carbonyl (C=O) groups is 1. The molecule has 1 aromatic carbocycles. The van der Waals surface area contributed by atoms with Gasteiger partial charge in [0.25, 0.3) is 5.91 Å². The van der Waals surface area contributed by atoms with Crippen molar-refractivity contribution in [2.24, 2.45) is 7.05 Å². The summed E-state index contributed by atoms with van der Waals surface area (Å²) in [6, 6.07) is 5.50. The summed E-state index contributed by atoms with van der Waals surface area (Å²) in [4.78, 5) is 16.7. The molecule has 136 valence electrons. The monoisotopic (exact) mass is 347 g/mol. The first kappa shape index (κ1) is 17.8. The van der Waals surface area contributed by atoms with Gasteiger partial charge in [0.1, 0.15) is 5.52 Å². The van der Waals surface area contributed by atoms with E-state index in [4.69, 9.17) is 4.74 Å². The van der Waals surface area contributed by atoms with E-state index in [9.17, 15) is 9.90 Å². The minimum Gasteiger partial charge on any atom is -0.389 e. The maximum Gasteiger partial charge on any atom is 0.254 e. The lowest BCUT2D eigenvalue weighted by atomic mass is 10.1. The number of nitrogens with zero attached hydrogens (tertiary/aromatic N) is 5. The van der Waals surface area contributed by atoms with Crippen molar-refractivity contribution < 1.29 is 14.6 Å². The first-order valence-electron chi connectivity index (χ1n) is 8.65. The third kappa shape index (κ3) is 4.15. The number of aliphatic hydroxyl groups is 1. The molecule has 0 saturated carbocycles. The highest BCUT2D eigenvalue weighted by Gasteiger charge is 2.23. The molecule has 0 bridgehead atoms. The fraction of sp³-hybridized carbons (Fsp3) is 0.588. The molecule has 1 amide bonds. The molecule has 1 N–H and O–H groups in total. The van der Waals surface area contributed by atoms with Crippen LogP contribution in [0.3, 0.4) is 0 Å². The quantitative estimate of drug-likeness (QED) is 0.799. The summed E-state index contributed by atoms with van der Waals surface area (Å²) >= 11 is 0. The molecule has 8 nitrogen and oxygen atoms in total. The Kier molecular flexibility index (Phi) is 5.62. The zero-order valence-electron chi connectivity index (χ0n) is 14.8. The minimum atomic E-state index is -0.485. The molecule has 25 heavy (non-hydrogen) atoms. The lowest BCUT2D eigenvalue weighted by Crippen LogP contribution is -2.50. The summed E-state index contributed by atoms with van der Waals surface area (Å²) in [6.07, 6.45) is -0.485. The van der Waals surface area contributed by atoms with Crippen LogP contribution in [0.5, 0.6) is 0 Å². The summed E-state index contributed by atoms with van der Waals surface area (Å²) in [7, 11) is 1.83. The molecule has 1 saturated heterocycles. The van der Waals surface area contributed by atoms with Crippen molar-refractivity contribution in [1.29, 1.82) is 0 Å². The van der Waals surface area contributed by atoms with Crippen LogP contribution in [0.2, 0.25) is 0 Å². The Morgan fingerprint density at radius 2 is 2.08 bits per heavy atom. The van der Waals surface area contributed by atoms with Crippen molar-refractivity contribution >= 4 is 16.9 Å². The molecule has 0 unspecified atom stereocenters. The molecule has 0 spiro atoms. The molecule has 0 aliphatic carbocycles. The highest BCUT2D eigenvalue weighted by atomic mass is 16.5. The first-order chi connectivity index (χ1) is 12.1. The predicted molar refractivity (Wildman–Crippen MR) is 93.4 cm³/mol. The van der Waals surface area contributed by atoms with E-state index in [1.807, 2.05) is 31.0 Å². The molecular weight excluding hydrogens is 322 g/mol. The van der Waals surface area contributed by atoms with E-state index < -0.39 is 6.10 Å². The van der Waals surface area contributed by atoms with Gasteiger partial charge in [-0.05, 0) is 25.1 Å². The van der Waals surface area contributed by atoms with Gasteiger partial charge in [0.15, 0.2) is 0 Å². The van der Waals surface area contributed by atoms with Gasteiger partial charge in [-0.3, -0.25) is 9.69 Å². The number of carbonyl (C=O) groups excluding carboxylic acids is 1. The van der Waals surface area contributed by atoms with Crippen LogP contribution in [0.25, 0.3) is 11.0 Å². The number of amides is 1. The highest BCUT2D eigenvalue weighted by Crippen LogP contribution is 2.15. The Labute approximate surface area is 147 Å². The van der Waals surface area contributed by atoms with Gasteiger partial charge in [0, 0.05) is 51.9 Å². The molecule has 1 aliphatic heterocycles. The minimum absolute atomic E-state index is 0.0158. The van der Waals surface area contributed by atoms with E-state index in [1.165, 1.54) is 0 Å². The Morgan fingerprint density at radius 1 is 1.32 bits per heavy atom. The van der Waals surface area contributed by atoms with Gasteiger partial charge in [-0.2, -0.15) is 0 Å². The second-order valence-corrected chi connectivity index (χ2v) is 6.32. The number of aliphatic hydroxyl groups excluding tert-OH is 1.